The van der Waals surface area contributed by atoms with Crippen LogP contribution in [-0.4, -0.2) is 52.9 Å². The van der Waals surface area contributed by atoms with Crippen LogP contribution in [0.3, 0.4) is 0 Å². The largest absolute Gasteiger partial charge is 0.361 e. The Labute approximate surface area is 117 Å². The predicted molar refractivity (Wildman–Crippen MR) is 71.2 cm³/mol. The van der Waals surface area contributed by atoms with Gasteiger partial charge in [-0.05, 0) is 26.7 Å². The van der Waals surface area contributed by atoms with Crippen molar-refractivity contribution < 1.29 is 14.1 Å². The van der Waals surface area contributed by atoms with E-state index in [2.05, 4.69) is 5.16 Å². The number of piperazine rings is 1. The molecule has 1 aromatic heterocycles. The summed E-state index contributed by atoms with van der Waals surface area (Å²) >= 11 is 0. The summed E-state index contributed by atoms with van der Waals surface area (Å²) in [4.78, 5) is 28.1. The van der Waals surface area contributed by atoms with Crippen LogP contribution in [0.4, 0.5) is 0 Å². The molecule has 20 heavy (non-hydrogen) atoms. The molecular weight excluding hydrogens is 258 g/mol. The summed E-state index contributed by atoms with van der Waals surface area (Å²) in [6, 6.07) is 0. The third-order valence-corrected chi connectivity index (χ3v) is 4.05. The molecule has 1 aromatic rings. The number of nitrogens with zero attached hydrogens (tertiary/aromatic N) is 3. The highest BCUT2D eigenvalue weighted by Crippen LogP contribution is 2.31. The van der Waals surface area contributed by atoms with Gasteiger partial charge in [-0.3, -0.25) is 9.59 Å². The molecule has 2 aliphatic rings. The van der Waals surface area contributed by atoms with Crippen molar-refractivity contribution in [1.82, 2.24) is 15.0 Å². The van der Waals surface area contributed by atoms with Crippen molar-refractivity contribution in [3.63, 3.8) is 0 Å². The second-order valence-electron chi connectivity index (χ2n) is 5.59. The van der Waals surface area contributed by atoms with E-state index in [1.807, 2.05) is 4.90 Å². The van der Waals surface area contributed by atoms with Crippen LogP contribution in [0.15, 0.2) is 4.52 Å². The highest BCUT2D eigenvalue weighted by atomic mass is 16.5. The van der Waals surface area contributed by atoms with Crippen molar-refractivity contribution >= 4 is 11.8 Å². The van der Waals surface area contributed by atoms with E-state index in [4.69, 9.17) is 4.52 Å². The van der Waals surface area contributed by atoms with Gasteiger partial charge in [0.15, 0.2) is 0 Å². The predicted octanol–water partition coefficient (Wildman–Crippen LogP) is 0.986. The van der Waals surface area contributed by atoms with Crippen LogP contribution < -0.4 is 0 Å². The number of aryl methyl sites for hydroxylation is 2. The van der Waals surface area contributed by atoms with Crippen molar-refractivity contribution in [3.05, 3.63) is 17.0 Å². The zero-order valence-electron chi connectivity index (χ0n) is 11.9. The Hall–Kier alpha value is -1.85. The maximum atomic E-state index is 12.4. The van der Waals surface area contributed by atoms with E-state index in [-0.39, 0.29) is 17.7 Å². The van der Waals surface area contributed by atoms with Crippen molar-refractivity contribution in [3.8, 4) is 0 Å². The van der Waals surface area contributed by atoms with E-state index in [0.29, 0.717) is 43.2 Å². The monoisotopic (exact) mass is 277 g/mol. The van der Waals surface area contributed by atoms with Crippen LogP contribution in [0.5, 0.6) is 0 Å². The van der Waals surface area contributed by atoms with Gasteiger partial charge in [0, 0.05) is 32.1 Å². The normalized spacial score (nSPS) is 19.3. The summed E-state index contributed by atoms with van der Waals surface area (Å²) in [5.74, 6) is 1.03. The maximum absolute atomic E-state index is 12.4. The van der Waals surface area contributed by atoms with Gasteiger partial charge >= 0.3 is 0 Å². The Morgan fingerprint density at radius 2 is 1.70 bits per heavy atom. The van der Waals surface area contributed by atoms with Crippen LogP contribution in [0.25, 0.3) is 0 Å². The number of amides is 2. The molecule has 0 bridgehead atoms. The molecule has 1 saturated heterocycles. The van der Waals surface area contributed by atoms with E-state index < -0.39 is 0 Å². The third kappa shape index (κ3) is 2.30. The Kier molecular flexibility index (Phi) is 3.23. The first-order chi connectivity index (χ1) is 9.58. The molecule has 1 aliphatic carbocycles. The van der Waals surface area contributed by atoms with Crippen molar-refractivity contribution in [2.75, 3.05) is 26.2 Å². The van der Waals surface area contributed by atoms with Crippen molar-refractivity contribution in [2.24, 2.45) is 5.92 Å². The highest BCUT2D eigenvalue weighted by Gasteiger charge is 2.35. The average molecular weight is 277 g/mol. The van der Waals surface area contributed by atoms with Crippen LogP contribution in [-0.2, 0) is 4.79 Å². The molecule has 0 atom stereocenters. The van der Waals surface area contributed by atoms with E-state index in [1.165, 1.54) is 0 Å². The molecular formula is C14H19N3O3. The lowest BCUT2D eigenvalue weighted by atomic mass is 10.1. The van der Waals surface area contributed by atoms with Gasteiger partial charge < -0.3 is 14.3 Å². The third-order valence-electron chi connectivity index (χ3n) is 4.05. The maximum Gasteiger partial charge on any atom is 0.259 e. The number of rotatable bonds is 2. The highest BCUT2D eigenvalue weighted by molar-refractivity contribution is 5.96. The molecule has 0 aromatic carbocycles. The van der Waals surface area contributed by atoms with Gasteiger partial charge in [-0.15, -0.1) is 0 Å². The summed E-state index contributed by atoms with van der Waals surface area (Å²) in [6.45, 7) is 5.95. The summed E-state index contributed by atoms with van der Waals surface area (Å²) in [7, 11) is 0. The lowest BCUT2D eigenvalue weighted by Gasteiger charge is -2.34. The Balaban J connectivity index is 1.63. The number of aromatic nitrogens is 1. The standard InChI is InChI=1S/C14H19N3O3/c1-9-12(10(2)20-15-9)14(19)17-7-5-16(6-8-17)13(18)11-3-4-11/h11H,3-8H2,1-2H3. The molecule has 0 radical (unpaired) electrons. The Morgan fingerprint density at radius 1 is 1.10 bits per heavy atom. The molecule has 0 spiro atoms. The number of hydrogen-bond acceptors (Lipinski definition) is 4. The van der Waals surface area contributed by atoms with Gasteiger partial charge in [-0.1, -0.05) is 5.16 Å². The first-order valence-corrected chi connectivity index (χ1v) is 7.09. The van der Waals surface area contributed by atoms with Gasteiger partial charge in [-0.25, -0.2) is 0 Å². The van der Waals surface area contributed by atoms with Crippen LogP contribution in [0, 0.1) is 19.8 Å². The minimum absolute atomic E-state index is 0.0419. The molecule has 6 nitrogen and oxygen atoms in total. The van der Waals surface area contributed by atoms with Gasteiger partial charge in [0.25, 0.3) is 5.91 Å². The van der Waals surface area contributed by atoms with Crippen LogP contribution >= 0.6 is 0 Å². The van der Waals surface area contributed by atoms with Crippen molar-refractivity contribution in [1.29, 1.82) is 0 Å². The lowest BCUT2D eigenvalue weighted by molar-refractivity contribution is -0.134. The molecule has 3 rings (SSSR count). The molecule has 2 heterocycles. The topological polar surface area (TPSA) is 66.7 Å². The molecule has 108 valence electrons. The van der Waals surface area contributed by atoms with Crippen molar-refractivity contribution in [2.45, 2.75) is 26.7 Å². The van der Waals surface area contributed by atoms with Crippen LogP contribution in [0.2, 0.25) is 0 Å². The van der Waals surface area contributed by atoms with E-state index in [1.54, 1.807) is 18.7 Å². The van der Waals surface area contributed by atoms with E-state index in [9.17, 15) is 9.59 Å². The fourth-order valence-corrected chi connectivity index (χ4v) is 2.66. The van der Waals surface area contributed by atoms with Gasteiger partial charge in [0.05, 0.1) is 5.69 Å². The summed E-state index contributed by atoms with van der Waals surface area (Å²) in [5, 5.41) is 3.82. The second kappa shape index (κ2) is 4.92. The first-order valence-electron chi connectivity index (χ1n) is 7.09. The quantitative estimate of drug-likeness (QED) is 0.808. The van der Waals surface area contributed by atoms with Gasteiger partial charge in [-0.2, -0.15) is 0 Å². The summed E-state index contributed by atoms with van der Waals surface area (Å²) in [6.07, 6.45) is 2.05. The number of hydrogen-bond donors (Lipinski definition) is 0. The molecule has 0 N–H and O–H groups in total. The van der Waals surface area contributed by atoms with Gasteiger partial charge in [0.1, 0.15) is 11.3 Å². The Bertz CT molecular complexity index is 520. The molecule has 2 amide bonds. The molecule has 1 saturated carbocycles. The minimum atomic E-state index is -0.0419. The van der Waals surface area contributed by atoms with E-state index in [0.717, 1.165) is 12.8 Å². The zero-order valence-corrected chi connectivity index (χ0v) is 11.9. The minimum Gasteiger partial charge on any atom is -0.361 e. The fraction of sp³-hybridized carbons (Fsp3) is 0.643. The first kappa shape index (κ1) is 13.1. The smallest absolute Gasteiger partial charge is 0.259 e. The fourth-order valence-electron chi connectivity index (χ4n) is 2.66. The average Bonchev–Trinajstić information content (AvgIpc) is 3.24. The Morgan fingerprint density at radius 3 is 2.20 bits per heavy atom. The number of carbonyl (C=O) groups excluding carboxylic acids is 2. The molecule has 1 aliphatic heterocycles. The van der Waals surface area contributed by atoms with E-state index >= 15 is 0 Å². The summed E-state index contributed by atoms with van der Waals surface area (Å²) < 4.78 is 5.04. The molecule has 2 fully saturated rings. The number of carbonyl (C=O) groups is 2. The van der Waals surface area contributed by atoms with Crippen LogP contribution in [0.1, 0.15) is 34.7 Å². The van der Waals surface area contributed by atoms with Gasteiger partial charge in [0.2, 0.25) is 5.91 Å². The SMILES string of the molecule is Cc1noc(C)c1C(=O)N1CCN(C(=O)C2CC2)CC1. The molecule has 0 unspecified atom stereocenters. The molecule has 6 heteroatoms. The second-order valence-corrected chi connectivity index (χ2v) is 5.59. The lowest BCUT2D eigenvalue weighted by Crippen LogP contribution is -2.51. The summed E-state index contributed by atoms with van der Waals surface area (Å²) in [5.41, 5.74) is 1.19. The zero-order chi connectivity index (χ0) is 14.3.